The minimum absolute atomic E-state index is 0.266. The molecule has 0 fully saturated rings. The first-order valence-corrected chi connectivity index (χ1v) is 3.47. The Morgan fingerprint density at radius 3 is 2.83 bits per heavy atom. The zero-order chi connectivity index (χ0) is 8.97. The second kappa shape index (κ2) is 3.55. The molecule has 0 saturated heterocycles. The SMILES string of the molecule is C#CCOc1cc(C#C)cn1C. The van der Waals surface area contributed by atoms with Crippen molar-refractivity contribution in [3.63, 3.8) is 0 Å². The first kappa shape index (κ1) is 8.30. The van der Waals surface area contributed by atoms with Crippen molar-refractivity contribution in [2.75, 3.05) is 6.61 Å². The lowest BCUT2D eigenvalue weighted by Gasteiger charge is -2.01. The van der Waals surface area contributed by atoms with Gasteiger partial charge in [0.1, 0.15) is 6.61 Å². The molecule has 1 heterocycles. The summed E-state index contributed by atoms with van der Waals surface area (Å²) in [4.78, 5) is 0. The highest BCUT2D eigenvalue weighted by Crippen LogP contribution is 2.13. The molecule has 0 aliphatic rings. The van der Waals surface area contributed by atoms with Crippen LogP contribution >= 0.6 is 0 Å². The van der Waals surface area contributed by atoms with E-state index in [1.54, 1.807) is 10.6 Å². The number of terminal acetylenes is 2. The maximum Gasteiger partial charge on any atom is 0.195 e. The van der Waals surface area contributed by atoms with Crippen LogP contribution in [0.2, 0.25) is 0 Å². The molecule has 0 radical (unpaired) electrons. The number of ether oxygens (including phenoxy) is 1. The molecule has 0 aromatic carbocycles. The van der Waals surface area contributed by atoms with Crippen LogP contribution in [0.25, 0.3) is 0 Å². The predicted octanol–water partition coefficient (Wildman–Crippen LogP) is 1.02. The maximum atomic E-state index is 5.20. The van der Waals surface area contributed by atoms with E-state index in [4.69, 9.17) is 17.6 Å². The molecule has 12 heavy (non-hydrogen) atoms. The van der Waals surface area contributed by atoms with Gasteiger partial charge in [0.25, 0.3) is 0 Å². The van der Waals surface area contributed by atoms with Crippen LogP contribution in [0.3, 0.4) is 0 Å². The lowest BCUT2D eigenvalue weighted by atomic mass is 10.4. The fraction of sp³-hybridized carbons (Fsp3) is 0.200. The number of nitrogens with zero attached hydrogens (tertiary/aromatic N) is 1. The summed E-state index contributed by atoms with van der Waals surface area (Å²) in [6, 6.07) is 1.78. The predicted molar refractivity (Wildman–Crippen MR) is 47.7 cm³/mol. The van der Waals surface area contributed by atoms with E-state index in [0.717, 1.165) is 5.56 Å². The molecule has 0 saturated carbocycles. The Bertz CT molecular complexity index is 349. The number of hydrogen-bond acceptors (Lipinski definition) is 1. The Morgan fingerprint density at radius 2 is 2.33 bits per heavy atom. The Hall–Kier alpha value is -1.80. The third-order valence-electron chi connectivity index (χ3n) is 1.43. The lowest BCUT2D eigenvalue weighted by Crippen LogP contribution is -1.97. The van der Waals surface area contributed by atoms with Crippen molar-refractivity contribution in [2.45, 2.75) is 0 Å². The third-order valence-corrected chi connectivity index (χ3v) is 1.43. The van der Waals surface area contributed by atoms with Crippen molar-refractivity contribution in [1.29, 1.82) is 0 Å². The lowest BCUT2D eigenvalue weighted by molar-refractivity contribution is 0.342. The molecule has 2 heteroatoms. The van der Waals surface area contributed by atoms with Gasteiger partial charge in [0.15, 0.2) is 5.88 Å². The van der Waals surface area contributed by atoms with Crippen molar-refractivity contribution in [3.8, 4) is 30.6 Å². The monoisotopic (exact) mass is 159 g/mol. The molecule has 0 aliphatic heterocycles. The van der Waals surface area contributed by atoms with Crippen molar-refractivity contribution in [3.05, 3.63) is 17.8 Å². The molecule has 0 atom stereocenters. The molecule has 0 amide bonds. The Kier molecular flexibility index (Phi) is 2.46. The summed E-state index contributed by atoms with van der Waals surface area (Å²) in [6.45, 7) is 0.266. The molecule has 0 bridgehead atoms. The molecule has 0 N–H and O–H groups in total. The topological polar surface area (TPSA) is 14.2 Å². The van der Waals surface area contributed by atoms with E-state index in [1.165, 1.54) is 0 Å². The zero-order valence-corrected chi connectivity index (χ0v) is 6.87. The largest absolute Gasteiger partial charge is 0.466 e. The smallest absolute Gasteiger partial charge is 0.195 e. The Labute approximate surface area is 72.2 Å². The highest BCUT2D eigenvalue weighted by atomic mass is 16.5. The first-order chi connectivity index (χ1) is 5.77. The van der Waals surface area contributed by atoms with Gasteiger partial charge >= 0.3 is 0 Å². The quantitative estimate of drug-likeness (QED) is 0.587. The zero-order valence-electron chi connectivity index (χ0n) is 6.87. The van der Waals surface area contributed by atoms with Gasteiger partial charge in [0.2, 0.25) is 0 Å². The minimum atomic E-state index is 0.266. The van der Waals surface area contributed by atoms with Gasteiger partial charge in [-0.15, -0.1) is 12.8 Å². The first-order valence-electron chi connectivity index (χ1n) is 3.47. The molecule has 1 aromatic heterocycles. The minimum Gasteiger partial charge on any atom is -0.466 e. The van der Waals surface area contributed by atoms with Gasteiger partial charge in [-0.05, 0) is 0 Å². The summed E-state index contributed by atoms with van der Waals surface area (Å²) in [6.07, 6.45) is 12.1. The van der Waals surface area contributed by atoms with Crippen LogP contribution in [0.4, 0.5) is 0 Å². The fourth-order valence-corrected chi connectivity index (χ4v) is 0.882. The highest BCUT2D eigenvalue weighted by Gasteiger charge is 2.00. The van der Waals surface area contributed by atoms with Crippen LogP contribution in [-0.4, -0.2) is 11.2 Å². The molecular formula is C10H9NO. The maximum absolute atomic E-state index is 5.20. The van der Waals surface area contributed by atoms with Gasteiger partial charge in [-0.3, -0.25) is 0 Å². The molecule has 1 rings (SSSR count). The number of hydrogen-bond donors (Lipinski definition) is 0. The number of aromatic nitrogens is 1. The summed E-state index contributed by atoms with van der Waals surface area (Å²) < 4.78 is 7.00. The Morgan fingerprint density at radius 1 is 1.58 bits per heavy atom. The third kappa shape index (κ3) is 1.62. The molecule has 0 spiro atoms. The second-order valence-corrected chi connectivity index (χ2v) is 2.32. The number of aryl methyl sites for hydroxylation is 1. The summed E-state index contributed by atoms with van der Waals surface area (Å²) >= 11 is 0. The summed E-state index contributed by atoms with van der Waals surface area (Å²) in [5.74, 6) is 5.59. The van der Waals surface area contributed by atoms with Crippen molar-refractivity contribution < 1.29 is 4.74 Å². The van der Waals surface area contributed by atoms with Gasteiger partial charge in [0, 0.05) is 24.9 Å². The molecular weight excluding hydrogens is 150 g/mol. The summed E-state index contributed by atoms with van der Waals surface area (Å²) in [5.41, 5.74) is 0.796. The van der Waals surface area contributed by atoms with Gasteiger partial charge < -0.3 is 9.30 Å². The molecule has 1 aromatic rings. The number of rotatable bonds is 2. The van der Waals surface area contributed by atoms with E-state index in [9.17, 15) is 0 Å². The van der Waals surface area contributed by atoms with Crippen LogP contribution < -0.4 is 4.74 Å². The average Bonchev–Trinajstić information content (AvgIpc) is 2.43. The standard InChI is InChI=1S/C10H9NO/c1-4-6-12-10-7-9(5-2)8-11(10)3/h1-2,7-8H,6H2,3H3. The normalized spacial score (nSPS) is 8.58. The summed E-state index contributed by atoms with van der Waals surface area (Å²) in [7, 11) is 1.85. The van der Waals surface area contributed by atoms with E-state index in [1.807, 2.05) is 13.2 Å². The van der Waals surface area contributed by atoms with Crippen molar-refractivity contribution >= 4 is 0 Å². The van der Waals surface area contributed by atoms with Crippen LogP contribution in [0.5, 0.6) is 5.88 Å². The van der Waals surface area contributed by atoms with Gasteiger partial charge in [-0.2, -0.15) is 0 Å². The highest BCUT2D eigenvalue weighted by molar-refractivity contribution is 5.35. The Balaban J connectivity index is 2.81. The van der Waals surface area contributed by atoms with Crippen LogP contribution in [0, 0.1) is 24.7 Å². The van der Waals surface area contributed by atoms with Gasteiger partial charge in [-0.1, -0.05) is 11.8 Å². The molecule has 60 valence electrons. The average molecular weight is 159 g/mol. The fourth-order valence-electron chi connectivity index (χ4n) is 0.882. The molecule has 0 aliphatic carbocycles. The van der Waals surface area contributed by atoms with E-state index in [0.29, 0.717) is 5.88 Å². The summed E-state index contributed by atoms with van der Waals surface area (Å²) in [5, 5.41) is 0. The molecule has 2 nitrogen and oxygen atoms in total. The van der Waals surface area contributed by atoms with E-state index in [-0.39, 0.29) is 6.61 Å². The second-order valence-electron chi connectivity index (χ2n) is 2.32. The van der Waals surface area contributed by atoms with Crippen LogP contribution in [0.15, 0.2) is 12.3 Å². The van der Waals surface area contributed by atoms with E-state index < -0.39 is 0 Å². The van der Waals surface area contributed by atoms with Crippen molar-refractivity contribution in [2.24, 2.45) is 7.05 Å². The van der Waals surface area contributed by atoms with Crippen molar-refractivity contribution in [1.82, 2.24) is 4.57 Å². The van der Waals surface area contributed by atoms with Gasteiger partial charge in [0.05, 0.1) is 0 Å². The van der Waals surface area contributed by atoms with Crippen LogP contribution in [0.1, 0.15) is 5.56 Å². The van der Waals surface area contributed by atoms with E-state index in [2.05, 4.69) is 11.8 Å². The van der Waals surface area contributed by atoms with E-state index >= 15 is 0 Å². The van der Waals surface area contributed by atoms with Crippen LogP contribution in [-0.2, 0) is 7.05 Å². The molecule has 0 unspecified atom stereocenters. The van der Waals surface area contributed by atoms with Gasteiger partial charge in [-0.25, -0.2) is 0 Å².